The fourth-order valence-corrected chi connectivity index (χ4v) is 3.70. The highest BCUT2D eigenvalue weighted by atomic mass is 16.5. The zero-order valence-corrected chi connectivity index (χ0v) is 20.5. The molecule has 0 fully saturated rings. The van der Waals surface area contributed by atoms with Gasteiger partial charge in [-0.15, -0.1) is 0 Å². The molecule has 2 aromatic carbocycles. The largest absolute Gasteiger partial charge is 0.466 e. The maximum atomic E-state index is 12.7. The molecule has 180 valence electrons. The van der Waals surface area contributed by atoms with Gasteiger partial charge in [0.15, 0.2) is 0 Å². The van der Waals surface area contributed by atoms with Crippen molar-refractivity contribution < 1.29 is 19.1 Å². The van der Waals surface area contributed by atoms with Crippen LogP contribution < -0.4 is 20.4 Å². The number of esters is 2. The number of hydrogen-bond acceptors (Lipinski definition) is 8. The minimum absolute atomic E-state index is 0.251. The van der Waals surface area contributed by atoms with Crippen LogP contribution in [0.15, 0.2) is 71.5 Å². The van der Waals surface area contributed by atoms with Gasteiger partial charge in [-0.25, -0.2) is 9.59 Å². The monoisotopic (exact) mass is 464 g/mol. The smallest absolute Gasteiger partial charge is 0.335 e. The molecule has 8 heteroatoms. The zero-order valence-electron chi connectivity index (χ0n) is 20.5. The fourth-order valence-electron chi connectivity index (χ4n) is 3.70. The average Bonchev–Trinajstić information content (AvgIpc) is 2.84. The highest BCUT2D eigenvalue weighted by Crippen LogP contribution is 2.30. The van der Waals surface area contributed by atoms with Crippen LogP contribution in [0.5, 0.6) is 0 Å². The minimum Gasteiger partial charge on any atom is -0.466 e. The molecule has 2 aromatic rings. The Hall–Kier alpha value is -3.94. The van der Waals surface area contributed by atoms with Crippen LogP contribution in [0.2, 0.25) is 0 Å². The van der Waals surface area contributed by atoms with Gasteiger partial charge in [0.25, 0.3) is 0 Å². The maximum Gasteiger partial charge on any atom is 0.335 e. The predicted molar refractivity (Wildman–Crippen MR) is 136 cm³/mol. The van der Waals surface area contributed by atoms with Crippen LogP contribution in [0.25, 0.3) is 0 Å². The van der Waals surface area contributed by atoms with E-state index in [2.05, 4.69) is 10.6 Å². The number of hydrogen-bond donors (Lipinski definition) is 2. The number of carbonyl (C=O) groups excluding carboxylic acids is 2. The van der Waals surface area contributed by atoms with Crippen molar-refractivity contribution in [2.45, 2.75) is 12.5 Å². The highest BCUT2D eigenvalue weighted by molar-refractivity contribution is 5.97. The lowest BCUT2D eigenvalue weighted by Gasteiger charge is -2.28. The number of carbonyl (C=O) groups is 2. The van der Waals surface area contributed by atoms with E-state index in [0.717, 1.165) is 22.7 Å². The van der Waals surface area contributed by atoms with E-state index in [0.29, 0.717) is 16.8 Å². The summed E-state index contributed by atoms with van der Waals surface area (Å²) in [5, 5.41) is 6.63. The third kappa shape index (κ3) is 5.70. The summed E-state index contributed by atoms with van der Waals surface area (Å²) in [6.45, 7) is 0. The molecule has 1 atom stereocenters. The molecule has 0 saturated heterocycles. The topological polar surface area (TPSA) is 83.1 Å². The number of anilines is 4. The van der Waals surface area contributed by atoms with Crippen molar-refractivity contribution in [2.75, 3.05) is 62.8 Å². The van der Waals surface area contributed by atoms with E-state index in [1.54, 1.807) is 6.08 Å². The first-order valence-electron chi connectivity index (χ1n) is 10.9. The molecular formula is C26H32N4O4. The van der Waals surface area contributed by atoms with Gasteiger partial charge in [0.05, 0.1) is 31.4 Å². The van der Waals surface area contributed by atoms with Crippen LogP contribution in [0.1, 0.15) is 6.42 Å². The molecule has 1 unspecified atom stereocenters. The number of allylic oxidation sites excluding steroid dienone is 1. The quantitative estimate of drug-likeness (QED) is 0.573. The van der Waals surface area contributed by atoms with Crippen molar-refractivity contribution in [1.82, 2.24) is 0 Å². The van der Waals surface area contributed by atoms with Gasteiger partial charge in [0.2, 0.25) is 0 Å². The molecular weight excluding hydrogens is 432 g/mol. The number of nitrogens with one attached hydrogen (secondary N) is 2. The lowest BCUT2D eigenvalue weighted by Crippen LogP contribution is -2.33. The normalized spacial score (nSPS) is 15.2. The van der Waals surface area contributed by atoms with E-state index in [4.69, 9.17) is 9.47 Å². The fraction of sp³-hybridized carbons (Fsp3) is 0.308. The van der Waals surface area contributed by atoms with Crippen molar-refractivity contribution in [3.05, 3.63) is 71.5 Å². The first-order valence-corrected chi connectivity index (χ1v) is 10.9. The highest BCUT2D eigenvalue weighted by Gasteiger charge is 2.32. The van der Waals surface area contributed by atoms with Crippen molar-refractivity contribution in [1.29, 1.82) is 0 Å². The van der Waals surface area contributed by atoms with E-state index in [-0.39, 0.29) is 6.42 Å². The molecule has 2 N–H and O–H groups in total. The Morgan fingerprint density at radius 1 is 0.794 bits per heavy atom. The molecule has 0 aromatic heterocycles. The second kappa shape index (κ2) is 10.8. The van der Waals surface area contributed by atoms with E-state index >= 15 is 0 Å². The summed E-state index contributed by atoms with van der Waals surface area (Å²) < 4.78 is 10.1. The number of nitrogens with zero attached hydrogens (tertiary/aromatic N) is 2. The third-order valence-corrected chi connectivity index (χ3v) is 5.65. The lowest BCUT2D eigenvalue weighted by molar-refractivity contribution is -0.138. The molecule has 0 bridgehead atoms. The molecule has 8 nitrogen and oxygen atoms in total. The predicted octanol–water partition coefficient (Wildman–Crippen LogP) is 3.64. The average molecular weight is 465 g/mol. The molecule has 0 amide bonds. The van der Waals surface area contributed by atoms with E-state index in [1.165, 1.54) is 14.2 Å². The number of benzene rings is 2. The summed E-state index contributed by atoms with van der Waals surface area (Å²) in [7, 11) is 10.6. The molecule has 1 aliphatic carbocycles. The van der Waals surface area contributed by atoms with Crippen LogP contribution in [-0.4, -0.2) is 60.4 Å². The van der Waals surface area contributed by atoms with Crippen LogP contribution in [-0.2, 0) is 19.1 Å². The summed E-state index contributed by atoms with van der Waals surface area (Å²) >= 11 is 0. The molecule has 1 aliphatic rings. The molecule has 3 rings (SSSR count). The Balaban J connectivity index is 1.94. The Morgan fingerprint density at radius 2 is 1.29 bits per heavy atom. The van der Waals surface area contributed by atoms with Crippen LogP contribution >= 0.6 is 0 Å². The van der Waals surface area contributed by atoms with Gasteiger partial charge in [0, 0.05) is 63.1 Å². The Labute approximate surface area is 200 Å². The molecule has 34 heavy (non-hydrogen) atoms. The number of rotatable bonds is 8. The zero-order chi connectivity index (χ0) is 24.8. The van der Waals surface area contributed by atoms with Gasteiger partial charge in [-0.05, 0) is 54.6 Å². The Bertz CT molecular complexity index is 1090. The minimum atomic E-state index is -0.464. The Morgan fingerprint density at radius 3 is 1.76 bits per heavy atom. The third-order valence-electron chi connectivity index (χ3n) is 5.65. The standard InChI is InChI=1S/C26H32N4O4/c1-29(2)19-11-7-17(8-12-19)27-23-15-22(26(32)34-6)24(16-21(23)25(31)33-5)28-18-9-13-20(14-10-18)30(3)4/h7-15,24,27-28H,16H2,1-6H3. The van der Waals surface area contributed by atoms with Crippen LogP contribution in [0.4, 0.5) is 22.7 Å². The van der Waals surface area contributed by atoms with Gasteiger partial charge in [0.1, 0.15) is 0 Å². The summed E-state index contributed by atoms with van der Waals surface area (Å²) in [5.74, 6) is -0.920. The first-order chi connectivity index (χ1) is 16.2. The van der Waals surface area contributed by atoms with Crippen molar-refractivity contribution in [3.8, 4) is 0 Å². The second-order valence-electron chi connectivity index (χ2n) is 8.38. The van der Waals surface area contributed by atoms with Crippen LogP contribution in [0.3, 0.4) is 0 Å². The van der Waals surface area contributed by atoms with Crippen molar-refractivity contribution in [3.63, 3.8) is 0 Å². The van der Waals surface area contributed by atoms with Crippen molar-refractivity contribution >= 4 is 34.7 Å². The van der Waals surface area contributed by atoms with Gasteiger partial charge >= 0.3 is 11.9 Å². The van der Waals surface area contributed by atoms with Crippen LogP contribution in [0, 0.1) is 0 Å². The molecule has 0 spiro atoms. The van der Waals surface area contributed by atoms with Crippen molar-refractivity contribution in [2.24, 2.45) is 0 Å². The van der Waals surface area contributed by atoms with E-state index in [1.807, 2.05) is 86.5 Å². The molecule has 0 radical (unpaired) electrons. The molecule has 0 heterocycles. The second-order valence-corrected chi connectivity index (χ2v) is 8.38. The maximum absolute atomic E-state index is 12.7. The number of ether oxygens (including phenoxy) is 2. The van der Waals surface area contributed by atoms with Gasteiger partial charge < -0.3 is 29.9 Å². The van der Waals surface area contributed by atoms with Gasteiger partial charge in [-0.3, -0.25) is 0 Å². The molecule has 0 aliphatic heterocycles. The van der Waals surface area contributed by atoms with E-state index in [9.17, 15) is 9.59 Å². The lowest BCUT2D eigenvalue weighted by atomic mass is 9.90. The van der Waals surface area contributed by atoms with Gasteiger partial charge in [-0.1, -0.05) is 0 Å². The summed E-state index contributed by atoms with van der Waals surface area (Å²) in [6, 6.07) is 15.1. The van der Waals surface area contributed by atoms with E-state index < -0.39 is 18.0 Å². The summed E-state index contributed by atoms with van der Waals surface area (Å²) in [5.41, 5.74) is 5.07. The first kappa shape index (κ1) is 24.7. The number of methoxy groups -OCH3 is 2. The summed E-state index contributed by atoms with van der Waals surface area (Å²) in [4.78, 5) is 29.3. The molecule has 0 saturated carbocycles. The van der Waals surface area contributed by atoms with Gasteiger partial charge in [-0.2, -0.15) is 0 Å². The Kier molecular flexibility index (Phi) is 7.83. The summed E-state index contributed by atoms with van der Waals surface area (Å²) in [6.07, 6.45) is 1.91. The SMILES string of the molecule is COC(=O)C1=CC(Nc2ccc(N(C)C)cc2)=C(C(=O)OC)CC1Nc1ccc(N(C)C)cc1.